The minimum absolute atomic E-state index is 0.157. The van der Waals surface area contributed by atoms with Crippen LogP contribution in [0.5, 0.6) is 0 Å². The Hall–Kier alpha value is -3.29. The Morgan fingerprint density at radius 3 is 2.11 bits per heavy atom. The minimum Gasteiger partial charge on any atom is -0.300 e. The fraction of sp³-hybridized carbons (Fsp3) is 0.304. The van der Waals surface area contributed by atoms with Crippen LogP contribution in [0.3, 0.4) is 0 Å². The number of pyridine rings is 2. The van der Waals surface area contributed by atoms with Crippen LogP contribution >= 0.6 is 34.4 Å². The van der Waals surface area contributed by atoms with E-state index in [9.17, 15) is 9.59 Å². The number of aromatic nitrogens is 6. The van der Waals surface area contributed by atoms with E-state index in [1.165, 1.54) is 22.7 Å². The quantitative estimate of drug-likeness (QED) is 0.303. The third kappa shape index (κ3) is 6.68. The fourth-order valence-electron chi connectivity index (χ4n) is 3.83. The highest BCUT2D eigenvalue weighted by Gasteiger charge is 2.30. The van der Waals surface area contributed by atoms with Crippen LogP contribution in [0, 0.1) is 0 Å². The molecule has 0 bridgehead atoms. The molecule has 4 aromatic heterocycles. The number of nitrogens with zero attached hydrogens (tertiary/aromatic N) is 6. The van der Waals surface area contributed by atoms with Gasteiger partial charge in [-0.25, -0.2) is 0 Å². The number of amides is 2. The monoisotopic (exact) mass is 538 g/mol. The van der Waals surface area contributed by atoms with Crippen molar-refractivity contribution in [2.24, 2.45) is 0 Å². The van der Waals surface area contributed by atoms with Gasteiger partial charge in [0.25, 0.3) is 0 Å². The standard InChI is InChI=1S/C23H22N8O2S3/c32-18(12-15-5-1-3-9-24-15)26-21-29-28-20(35-21)14-7-8-17(11-14)34-23-31-30-22(36-23)27-19(33)13-16-6-2-4-10-25-16/h1-6,9-10,14,17H,7-8,11-13H2,(H,26,29,32)(H,27,30,33)/t14-,17?/m1/s1. The van der Waals surface area contributed by atoms with Gasteiger partial charge in [-0.05, 0) is 43.5 Å². The van der Waals surface area contributed by atoms with Gasteiger partial charge in [-0.3, -0.25) is 19.6 Å². The molecule has 5 rings (SSSR count). The van der Waals surface area contributed by atoms with Crippen molar-refractivity contribution >= 4 is 56.5 Å². The van der Waals surface area contributed by atoms with Crippen molar-refractivity contribution in [1.82, 2.24) is 30.4 Å². The Kier molecular flexibility index (Phi) is 7.88. The van der Waals surface area contributed by atoms with Gasteiger partial charge in [0.05, 0.1) is 12.8 Å². The third-order valence-corrected chi connectivity index (χ3v) is 8.69. The van der Waals surface area contributed by atoms with Gasteiger partial charge in [0.15, 0.2) is 4.34 Å². The van der Waals surface area contributed by atoms with E-state index in [1.807, 2.05) is 36.4 Å². The average Bonchev–Trinajstić information content (AvgIpc) is 3.62. The molecule has 2 amide bonds. The van der Waals surface area contributed by atoms with Gasteiger partial charge in [-0.15, -0.1) is 20.4 Å². The minimum atomic E-state index is -0.165. The summed E-state index contributed by atoms with van der Waals surface area (Å²) in [5.74, 6) is -0.0242. The second-order valence-corrected chi connectivity index (χ2v) is 11.7. The summed E-state index contributed by atoms with van der Waals surface area (Å²) < 4.78 is 0.827. The summed E-state index contributed by atoms with van der Waals surface area (Å²) in [5, 5.41) is 24.8. The number of rotatable bonds is 9. The van der Waals surface area contributed by atoms with E-state index in [4.69, 9.17) is 0 Å². The molecular formula is C23H22N8O2S3. The zero-order chi connectivity index (χ0) is 24.7. The van der Waals surface area contributed by atoms with Crippen molar-refractivity contribution in [3.05, 3.63) is 65.2 Å². The molecule has 10 nitrogen and oxygen atoms in total. The van der Waals surface area contributed by atoms with Crippen LogP contribution in [-0.2, 0) is 22.4 Å². The molecule has 0 spiro atoms. The molecule has 0 aromatic carbocycles. The van der Waals surface area contributed by atoms with Gasteiger partial charge in [0.1, 0.15) is 5.01 Å². The lowest BCUT2D eigenvalue weighted by atomic mass is 10.1. The van der Waals surface area contributed by atoms with E-state index >= 15 is 0 Å². The molecule has 1 unspecified atom stereocenters. The van der Waals surface area contributed by atoms with Crippen molar-refractivity contribution in [1.29, 1.82) is 0 Å². The molecular weight excluding hydrogens is 517 g/mol. The maximum atomic E-state index is 12.3. The van der Waals surface area contributed by atoms with E-state index in [-0.39, 0.29) is 24.7 Å². The van der Waals surface area contributed by atoms with Crippen molar-refractivity contribution in [2.45, 2.75) is 47.6 Å². The number of anilines is 2. The Bertz CT molecular complexity index is 1320. The summed E-state index contributed by atoms with van der Waals surface area (Å²) >= 11 is 4.49. The predicted octanol–water partition coefficient (Wildman–Crippen LogP) is 3.97. The van der Waals surface area contributed by atoms with E-state index < -0.39 is 0 Å². The van der Waals surface area contributed by atoms with Gasteiger partial charge >= 0.3 is 0 Å². The maximum absolute atomic E-state index is 12.3. The van der Waals surface area contributed by atoms with E-state index in [1.54, 1.807) is 24.2 Å². The summed E-state index contributed by atoms with van der Waals surface area (Å²) in [7, 11) is 0. The Labute approximate surface area is 219 Å². The molecule has 36 heavy (non-hydrogen) atoms. The number of thioether (sulfide) groups is 1. The first kappa shape index (κ1) is 24.4. The molecule has 184 valence electrons. The Morgan fingerprint density at radius 2 is 1.47 bits per heavy atom. The van der Waals surface area contributed by atoms with Gasteiger partial charge < -0.3 is 10.6 Å². The smallest absolute Gasteiger partial charge is 0.232 e. The van der Waals surface area contributed by atoms with Crippen molar-refractivity contribution in [3.63, 3.8) is 0 Å². The zero-order valence-electron chi connectivity index (χ0n) is 19.0. The first-order chi connectivity index (χ1) is 17.6. The van der Waals surface area contributed by atoms with Crippen LogP contribution in [0.4, 0.5) is 10.3 Å². The lowest BCUT2D eigenvalue weighted by Gasteiger charge is -2.06. The number of hydrogen-bond donors (Lipinski definition) is 2. The van der Waals surface area contributed by atoms with E-state index in [0.29, 0.717) is 32.8 Å². The van der Waals surface area contributed by atoms with Crippen molar-refractivity contribution in [2.75, 3.05) is 10.6 Å². The van der Waals surface area contributed by atoms with Crippen LogP contribution in [0.15, 0.2) is 53.1 Å². The van der Waals surface area contributed by atoms with E-state index in [0.717, 1.165) is 28.6 Å². The molecule has 2 N–H and O–H groups in total. The SMILES string of the molecule is O=C(Cc1ccccn1)Nc1nnc(SC2CC[C@@H](c3nnc(NC(=O)Cc4ccccn4)s3)C2)s1. The number of carbonyl (C=O) groups is 2. The van der Waals surface area contributed by atoms with Crippen molar-refractivity contribution < 1.29 is 9.59 Å². The molecule has 0 radical (unpaired) electrons. The highest BCUT2D eigenvalue weighted by Crippen LogP contribution is 2.44. The molecule has 1 aliphatic rings. The second-order valence-electron chi connectivity index (χ2n) is 8.16. The highest BCUT2D eigenvalue weighted by atomic mass is 32.2. The summed E-state index contributed by atoms with van der Waals surface area (Å²) in [6.45, 7) is 0. The summed E-state index contributed by atoms with van der Waals surface area (Å²) in [5.41, 5.74) is 1.42. The number of carbonyl (C=O) groups excluding carboxylic acids is 2. The van der Waals surface area contributed by atoms with E-state index in [2.05, 4.69) is 41.0 Å². The zero-order valence-corrected chi connectivity index (χ0v) is 21.5. The lowest BCUT2D eigenvalue weighted by molar-refractivity contribution is -0.116. The molecule has 2 atom stereocenters. The van der Waals surface area contributed by atoms with Crippen LogP contribution in [-0.4, -0.2) is 47.4 Å². The summed E-state index contributed by atoms with van der Waals surface area (Å²) in [4.78, 5) is 32.9. The Morgan fingerprint density at radius 1 is 0.833 bits per heavy atom. The third-order valence-electron chi connectivity index (χ3n) is 5.48. The van der Waals surface area contributed by atoms with Gasteiger partial charge in [-0.2, -0.15) is 0 Å². The topological polar surface area (TPSA) is 136 Å². The second kappa shape index (κ2) is 11.6. The lowest BCUT2D eigenvalue weighted by Crippen LogP contribution is -2.14. The fourth-order valence-corrected chi connectivity index (χ4v) is 7.03. The molecule has 1 saturated carbocycles. The summed E-state index contributed by atoms with van der Waals surface area (Å²) in [6, 6.07) is 11.0. The van der Waals surface area contributed by atoms with Crippen LogP contribution < -0.4 is 10.6 Å². The van der Waals surface area contributed by atoms with Gasteiger partial charge in [-0.1, -0.05) is 46.6 Å². The van der Waals surface area contributed by atoms with Crippen LogP contribution in [0.2, 0.25) is 0 Å². The molecule has 0 aliphatic heterocycles. The molecule has 1 fully saturated rings. The van der Waals surface area contributed by atoms with Gasteiger partial charge in [0.2, 0.25) is 22.1 Å². The van der Waals surface area contributed by atoms with Gasteiger partial charge in [0, 0.05) is 34.9 Å². The predicted molar refractivity (Wildman–Crippen MR) is 139 cm³/mol. The average molecular weight is 539 g/mol. The van der Waals surface area contributed by atoms with Crippen molar-refractivity contribution in [3.8, 4) is 0 Å². The molecule has 0 saturated heterocycles. The largest absolute Gasteiger partial charge is 0.300 e. The first-order valence-corrected chi connectivity index (χ1v) is 13.8. The maximum Gasteiger partial charge on any atom is 0.232 e. The molecule has 4 heterocycles. The summed E-state index contributed by atoms with van der Waals surface area (Å²) in [6.07, 6.45) is 6.70. The number of nitrogens with one attached hydrogen (secondary N) is 2. The first-order valence-electron chi connectivity index (χ1n) is 11.3. The normalized spacial score (nSPS) is 17.1. The van der Waals surface area contributed by atoms with Crippen LogP contribution in [0.1, 0.15) is 41.6 Å². The number of hydrogen-bond acceptors (Lipinski definition) is 11. The Balaban J connectivity index is 1.09. The highest BCUT2D eigenvalue weighted by molar-refractivity contribution is 8.01. The molecule has 1 aliphatic carbocycles. The molecule has 13 heteroatoms. The van der Waals surface area contributed by atoms with Crippen LogP contribution in [0.25, 0.3) is 0 Å². The molecule has 4 aromatic rings.